The summed E-state index contributed by atoms with van der Waals surface area (Å²) in [5.41, 5.74) is 1.90. The van der Waals surface area contributed by atoms with Gasteiger partial charge in [0.15, 0.2) is 21.3 Å². The number of methoxy groups -OCH3 is 2. The van der Waals surface area contributed by atoms with Crippen LogP contribution in [0, 0.1) is 0 Å². The first kappa shape index (κ1) is 14.9. The van der Waals surface area contributed by atoms with E-state index in [1.54, 1.807) is 19.2 Å². The zero-order valence-electron chi connectivity index (χ0n) is 12.6. The van der Waals surface area contributed by atoms with Gasteiger partial charge in [0.25, 0.3) is 0 Å². The maximum Gasteiger partial charge on any atom is 0.178 e. The monoisotopic (exact) mass is 318 g/mol. The summed E-state index contributed by atoms with van der Waals surface area (Å²) in [6.45, 7) is 0. The zero-order valence-corrected chi connectivity index (χ0v) is 13.4. The van der Waals surface area contributed by atoms with Crippen molar-refractivity contribution in [3.05, 3.63) is 53.6 Å². The van der Waals surface area contributed by atoms with Gasteiger partial charge in [0.1, 0.15) is 0 Å². The van der Waals surface area contributed by atoms with E-state index in [1.807, 2.05) is 30.3 Å². The molecule has 2 aromatic rings. The summed E-state index contributed by atoms with van der Waals surface area (Å²) in [6, 6.07) is 13.3. The van der Waals surface area contributed by atoms with E-state index in [0.717, 1.165) is 11.1 Å². The van der Waals surface area contributed by atoms with Crippen molar-refractivity contribution in [2.24, 2.45) is 0 Å². The molecule has 0 radical (unpaired) electrons. The van der Waals surface area contributed by atoms with Crippen molar-refractivity contribution in [3.63, 3.8) is 0 Å². The molecule has 1 aliphatic rings. The van der Waals surface area contributed by atoms with E-state index >= 15 is 0 Å². The summed E-state index contributed by atoms with van der Waals surface area (Å²) in [5, 5.41) is 0. The minimum absolute atomic E-state index is 0.0551. The van der Waals surface area contributed by atoms with Crippen LogP contribution in [0.4, 0.5) is 0 Å². The summed E-state index contributed by atoms with van der Waals surface area (Å²) < 4.78 is 35.4. The standard InChI is InChI=1S/C17H18O4S/c1-20-15-10-14-13(12-6-4-3-5-7-12)8-9-22(18,19)17(14)11-16(15)21-2/h3-7,10-11,13H,8-9H2,1-2H3. The number of hydrogen-bond acceptors (Lipinski definition) is 4. The average molecular weight is 318 g/mol. The van der Waals surface area contributed by atoms with Crippen LogP contribution in [-0.2, 0) is 9.84 Å². The van der Waals surface area contributed by atoms with Crippen molar-refractivity contribution in [1.82, 2.24) is 0 Å². The Hall–Kier alpha value is -2.01. The third-order valence-electron chi connectivity index (χ3n) is 4.10. The highest BCUT2D eigenvalue weighted by atomic mass is 32.2. The summed E-state index contributed by atoms with van der Waals surface area (Å²) >= 11 is 0. The first-order chi connectivity index (χ1) is 10.6. The van der Waals surface area contributed by atoms with Crippen molar-refractivity contribution in [1.29, 1.82) is 0 Å². The minimum atomic E-state index is -3.28. The molecule has 116 valence electrons. The van der Waals surface area contributed by atoms with Crippen LogP contribution in [0.2, 0.25) is 0 Å². The Bertz CT molecular complexity index is 782. The Morgan fingerprint density at radius 2 is 1.64 bits per heavy atom. The van der Waals surface area contributed by atoms with Crippen LogP contribution < -0.4 is 9.47 Å². The Morgan fingerprint density at radius 1 is 1.00 bits per heavy atom. The maximum atomic E-state index is 12.4. The fraction of sp³-hybridized carbons (Fsp3) is 0.294. The van der Waals surface area contributed by atoms with Gasteiger partial charge in [-0.2, -0.15) is 0 Å². The minimum Gasteiger partial charge on any atom is -0.493 e. The van der Waals surface area contributed by atoms with Gasteiger partial charge in [-0.1, -0.05) is 30.3 Å². The lowest BCUT2D eigenvalue weighted by Crippen LogP contribution is -2.21. The second-order valence-electron chi connectivity index (χ2n) is 5.32. The van der Waals surface area contributed by atoms with Crippen LogP contribution in [0.3, 0.4) is 0 Å². The lowest BCUT2D eigenvalue weighted by atomic mass is 9.88. The molecule has 0 aliphatic carbocycles. The summed E-state index contributed by atoms with van der Waals surface area (Å²) in [7, 11) is -0.213. The van der Waals surface area contributed by atoms with Gasteiger partial charge < -0.3 is 9.47 Å². The molecule has 1 atom stereocenters. The topological polar surface area (TPSA) is 52.6 Å². The highest BCUT2D eigenvalue weighted by Crippen LogP contribution is 2.43. The largest absolute Gasteiger partial charge is 0.493 e. The molecule has 0 amide bonds. The summed E-state index contributed by atoms with van der Waals surface area (Å²) in [4.78, 5) is 0.352. The normalized spacial score (nSPS) is 19.3. The molecule has 0 aromatic heterocycles. The fourth-order valence-corrected chi connectivity index (χ4v) is 4.60. The zero-order chi connectivity index (χ0) is 15.7. The maximum absolute atomic E-state index is 12.4. The molecule has 4 nitrogen and oxygen atoms in total. The number of rotatable bonds is 3. The highest BCUT2D eigenvalue weighted by molar-refractivity contribution is 7.91. The molecule has 1 aliphatic heterocycles. The van der Waals surface area contributed by atoms with E-state index in [2.05, 4.69) is 0 Å². The lowest BCUT2D eigenvalue weighted by molar-refractivity contribution is 0.352. The number of benzene rings is 2. The first-order valence-corrected chi connectivity index (χ1v) is 8.75. The average Bonchev–Trinajstić information content (AvgIpc) is 2.54. The van der Waals surface area contributed by atoms with Crippen molar-refractivity contribution < 1.29 is 17.9 Å². The number of hydrogen-bond donors (Lipinski definition) is 0. The number of fused-ring (bicyclic) bond motifs is 1. The molecule has 1 heterocycles. The van der Waals surface area contributed by atoms with Gasteiger partial charge in [0, 0.05) is 12.0 Å². The molecular weight excluding hydrogens is 300 g/mol. The van der Waals surface area contributed by atoms with E-state index < -0.39 is 9.84 Å². The van der Waals surface area contributed by atoms with Crippen LogP contribution in [0.5, 0.6) is 11.5 Å². The third-order valence-corrected chi connectivity index (χ3v) is 5.90. The van der Waals surface area contributed by atoms with Crippen molar-refractivity contribution in [2.75, 3.05) is 20.0 Å². The van der Waals surface area contributed by atoms with Crippen molar-refractivity contribution in [2.45, 2.75) is 17.2 Å². The summed E-state index contributed by atoms with van der Waals surface area (Å²) in [5.74, 6) is 1.20. The van der Waals surface area contributed by atoms with E-state index in [4.69, 9.17) is 9.47 Å². The fourth-order valence-electron chi connectivity index (χ4n) is 2.99. The van der Waals surface area contributed by atoms with Gasteiger partial charge in [-0.15, -0.1) is 0 Å². The Morgan fingerprint density at radius 3 is 2.27 bits per heavy atom. The highest BCUT2D eigenvalue weighted by Gasteiger charge is 2.32. The van der Waals surface area contributed by atoms with E-state index in [-0.39, 0.29) is 11.7 Å². The van der Waals surface area contributed by atoms with Crippen molar-refractivity contribution >= 4 is 9.84 Å². The van der Waals surface area contributed by atoms with Crippen LogP contribution in [0.25, 0.3) is 0 Å². The van der Waals surface area contributed by atoms with Gasteiger partial charge in [0.05, 0.1) is 24.9 Å². The third kappa shape index (κ3) is 2.46. The van der Waals surface area contributed by atoms with Gasteiger partial charge in [-0.25, -0.2) is 8.42 Å². The lowest BCUT2D eigenvalue weighted by Gasteiger charge is -2.27. The Labute approximate surface area is 130 Å². The molecule has 0 N–H and O–H groups in total. The molecule has 2 aromatic carbocycles. The van der Waals surface area contributed by atoms with E-state index in [0.29, 0.717) is 22.8 Å². The quantitative estimate of drug-likeness (QED) is 0.873. The number of sulfone groups is 1. The van der Waals surface area contributed by atoms with Crippen LogP contribution >= 0.6 is 0 Å². The van der Waals surface area contributed by atoms with Crippen LogP contribution in [0.15, 0.2) is 47.4 Å². The molecule has 3 rings (SSSR count). The van der Waals surface area contributed by atoms with Crippen LogP contribution in [-0.4, -0.2) is 28.4 Å². The van der Waals surface area contributed by atoms with Gasteiger partial charge >= 0.3 is 0 Å². The molecule has 0 saturated heterocycles. The first-order valence-electron chi connectivity index (χ1n) is 7.10. The summed E-state index contributed by atoms with van der Waals surface area (Å²) in [6.07, 6.45) is 0.578. The Balaban J connectivity index is 2.22. The van der Waals surface area contributed by atoms with E-state index in [9.17, 15) is 8.42 Å². The predicted octanol–water partition coefficient (Wildman–Crippen LogP) is 3.01. The Kier molecular flexibility index (Phi) is 3.83. The second-order valence-corrected chi connectivity index (χ2v) is 7.39. The SMILES string of the molecule is COc1cc2c(cc1OC)S(=O)(=O)CCC2c1ccccc1. The van der Waals surface area contributed by atoms with Gasteiger partial charge in [-0.3, -0.25) is 0 Å². The molecule has 0 saturated carbocycles. The molecule has 0 spiro atoms. The second kappa shape index (κ2) is 5.65. The molecule has 0 bridgehead atoms. The number of ether oxygens (including phenoxy) is 2. The smallest absolute Gasteiger partial charge is 0.178 e. The molecule has 22 heavy (non-hydrogen) atoms. The van der Waals surface area contributed by atoms with E-state index in [1.165, 1.54) is 7.11 Å². The van der Waals surface area contributed by atoms with Gasteiger partial charge in [-0.05, 0) is 23.6 Å². The predicted molar refractivity (Wildman–Crippen MR) is 84.5 cm³/mol. The molecular formula is C17H18O4S. The molecule has 0 fully saturated rings. The van der Waals surface area contributed by atoms with Crippen LogP contribution in [0.1, 0.15) is 23.5 Å². The molecule has 5 heteroatoms. The van der Waals surface area contributed by atoms with Crippen molar-refractivity contribution in [3.8, 4) is 11.5 Å². The van der Waals surface area contributed by atoms with Gasteiger partial charge in [0.2, 0.25) is 0 Å². The molecule has 1 unspecified atom stereocenters.